The van der Waals surface area contributed by atoms with Crippen LogP contribution in [-0.4, -0.2) is 38.0 Å². The lowest BCUT2D eigenvalue weighted by Gasteiger charge is -2.12. The van der Waals surface area contributed by atoms with Crippen molar-refractivity contribution in [1.29, 1.82) is 0 Å². The summed E-state index contributed by atoms with van der Waals surface area (Å²) in [6.07, 6.45) is 0. The van der Waals surface area contributed by atoms with Gasteiger partial charge in [0.1, 0.15) is 5.75 Å². The van der Waals surface area contributed by atoms with Crippen molar-refractivity contribution in [1.82, 2.24) is 20.2 Å². The number of hydrogen-bond donors (Lipinski definition) is 1. The maximum absolute atomic E-state index is 12.5. The summed E-state index contributed by atoms with van der Waals surface area (Å²) in [5.74, 6) is 0.682. The first-order valence-electron chi connectivity index (χ1n) is 8.62. The molecule has 3 aromatic rings. The third-order valence-corrected chi connectivity index (χ3v) is 4.80. The maximum atomic E-state index is 12.5. The standard InChI is InChI=1S/C19H21N5O2S/c1-4-26-17-10-8-16(9-11-17)24-19(21-22-23-24)27-14(3)18(25)20-15-7-5-6-13(2)12-15/h5-12,14H,4H2,1-3H3,(H,20,25). The van der Waals surface area contributed by atoms with Gasteiger partial charge in [-0.2, -0.15) is 4.68 Å². The van der Waals surface area contributed by atoms with Crippen LogP contribution >= 0.6 is 11.8 Å². The smallest absolute Gasteiger partial charge is 0.237 e. The van der Waals surface area contributed by atoms with Gasteiger partial charge < -0.3 is 10.1 Å². The molecule has 7 nitrogen and oxygen atoms in total. The number of amides is 1. The van der Waals surface area contributed by atoms with E-state index in [0.717, 1.165) is 22.7 Å². The minimum Gasteiger partial charge on any atom is -0.494 e. The molecule has 27 heavy (non-hydrogen) atoms. The highest BCUT2D eigenvalue weighted by Crippen LogP contribution is 2.25. The number of benzene rings is 2. The molecule has 1 unspecified atom stereocenters. The number of carbonyl (C=O) groups is 1. The Bertz CT molecular complexity index is 910. The Kier molecular flexibility index (Phi) is 6.08. The van der Waals surface area contributed by atoms with Gasteiger partial charge in [-0.1, -0.05) is 23.9 Å². The summed E-state index contributed by atoms with van der Waals surface area (Å²) in [4.78, 5) is 12.5. The van der Waals surface area contributed by atoms with Gasteiger partial charge in [-0.15, -0.1) is 5.10 Å². The quantitative estimate of drug-likeness (QED) is 0.629. The molecule has 1 heterocycles. The van der Waals surface area contributed by atoms with Crippen molar-refractivity contribution in [3.63, 3.8) is 0 Å². The Morgan fingerprint density at radius 2 is 2.04 bits per heavy atom. The van der Waals surface area contributed by atoms with E-state index in [9.17, 15) is 4.79 Å². The van der Waals surface area contributed by atoms with Gasteiger partial charge in [-0.25, -0.2) is 0 Å². The fourth-order valence-corrected chi connectivity index (χ4v) is 3.25. The first kappa shape index (κ1) is 18.9. The highest BCUT2D eigenvalue weighted by molar-refractivity contribution is 8.00. The normalized spacial score (nSPS) is 11.8. The third kappa shape index (κ3) is 4.85. The van der Waals surface area contributed by atoms with Crippen molar-refractivity contribution in [2.24, 2.45) is 0 Å². The Hall–Kier alpha value is -2.87. The van der Waals surface area contributed by atoms with Crippen molar-refractivity contribution in [2.75, 3.05) is 11.9 Å². The molecule has 0 saturated carbocycles. The Morgan fingerprint density at radius 1 is 1.26 bits per heavy atom. The lowest BCUT2D eigenvalue weighted by molar-refractivity contribution is -0.115. The molecule has 1 amide bonds. The number of aryl methyl sites for hydroxylation is 1. The second-order valence-corrected chi connectivity index (χ2v) is 7.23. The lowest BCUT2D eigenvalue weighted by Crippen LogP contribution is -2.23. The second-order valence-electron chi connectivity index (χ2n) is 5.92. The SMILES string of the molecule is CCOc1ccc(-n2nnnc2SC(C)C(=O)Nc2cccc(C)c2)cc1. The largest absolute Gasteiger partial charge is 0.494 e. The van der Waals surface area contributed by atoms with Crippen molar-refractivity contribution in [3.05, 3.63) is 54.1 Å². The van der Waals surface area contributed by atoms with Gasteiger partial charge in [0.25, 0.3) is 0 Å². The fraction of sp³-hybridized carbons (Fsp3) is 0.263. The molecule has 1 atom stereocenters. The van der Waals surface area contributed by atoms with Crippen LogP contribution in [0.3, 0.4) is 0 Å². The summed E-state index contributed by atoms with van der Waals surface area (Å²) >= 11 is 1.30. The number of aromatic nitrogens is 4. The van der Waals surface area contributed by atoms with Gasteiger partial charge in [0.2, 0.25) is 11.1 Å². The zero-order valence-corrected chi connectivity index (χ0v) is 16.2. The van der Waals surface area contributed by atoms with Gasteiger partial charge in [0.05, 0.1) is 17.5 Å². The van der Waals surface area contributed by atoms with E-state index in [1.54, 1.807) is 4.68 Å². The van der Waals surface area contributed by atoms with Crippen molar-refractivity contribution >= 4 is 23.4 Å². The predicted molar refractivity (Wildman–Crippen MR) is 105 cm³/mol. The van der Waals surface area contributed by atoms with E-state index in [4.69, 9.17) is 4.74 Å². The Labute approximate surface area is 162 Å². The Morgan fingerprint density at radius 3 is 2.74 bits per heavy atom. The molecule has 0 radical (unpaired) electrons. The number of nitrogens with one attached hydrogen (secondary N) is 1. The van der Waals surface area contributed by atoms with Crippen molar-refractivity contribution < 1.29 is 9.53 Å². The Balaban J connectivity index is 1.69. The first-order chi connectivity index (χ1) is 13.1. The van der Waals surface area contributed by atoms with E-state index in [1.807, 2.05) is 69.3 Å². The molecule has 1 N–H and O–H groups in total. The molecule has 0 aliphatic heterocycles. The van der Waals surface area contributed by atoms with E-state index in [2.05, 4.69) is 20.8 Å². The van der Waals surface area contributed by atoms with Crippen LogP contribution in [0.5, 0.6) is 5.75 Å². The fourth-order valence-electron chi connectivity index (χ4n) is 2.44. The molecule has 2 aromatic carbocycles. The molecule has 0 aliphatic rings. The summed E-state index contributed by atoms with van der Waals surface area (Å²) in [6, 6.07) is 15.2. The molecule has 0 spiro atoms. The maximum Gasteiger partial charge on any atom is 0.237 e. The molecular formula is C19H21N5O2S. The highest BCUT2D eigenvalue weighted by Gasteiger charge is 2.19. The van der Waals surface area contributed by atoms with Crippen molar-refractivity contribution in [2.45, 2.75) is 31.2 Å². The first-order valence-corrected chi connectivity index (χ1v) is 9.50. The summed E-state index contributed by atoms with van der Waals surface area (Å²) in [6.45, 7) is 6.36. The molecule has 0 bridgehead atoms. The van der Waals surface area contributed by atoms with Crippen LogP contribution in [0.1, 0.15) is 19.4 Å². The van der Waals surface area contributed by atoms with Crippen LogP contribution in [0.15, 0.2) is 53.7 Å². The second kappa shape index (κ2) is 8.68. The topological polar surface area (TPSA) is 81.9 Å². The number of carbonyl (C=O) groups excluding carboxylic acids is 1. The van der Waals surface area contributed by atoms with Gasteiger partial charge >= 0.3 is 0 Å². The minimum atomic E-state index is -0.363. The molecular weight excluding hydrogens is 362 g/mol. The zero-order valence-electron chi connectivity index (χ0n) is 15.4. The number of hydrogen-bond acceptors (Lipinski definition) is 6. The molecule has 0 fully saturated rings. The van der Waals surface area contributed by atoms with Crippen LogP contribution < -0.4 is 10.1 Å². The zero-order chi connectivity index (χ0) is 19.2. The number of tetrazole rings is 1. The van der Waals surface area contributed by atoms with E-state index in [0.29, 0.717) is 11.8 Å². The van der Waals surface area contributed by atoms with E-state index >= 15 is 0 Å². The lowest BCUT2D eigenvalue weighted by atomic mass is 10.2. The molecule has 0 aliphatic carbocycles. The van der Waals surface area contributed by atoms with Crippen LogP contribution in [-0.2, 0) is 4.79 Å². The van der Waals surface area contributed by atoms with Crippen molar-refractivity contribution in [3.8, 4) is 11.4 Å². The van der Waals surface area contributed by atoms with E-state index < -0.39 is 0 Å². The number of anilines is 1. The third-order valence-electron chi connectivity index (χ3n) is 3.77. The summed E-state index contributed by atoms with van der Waals surface area (Å²) in [5, 5.41) is 14.9. The number of nitrogens with zero attached hydrogens (tertiary/aromatic N) is 4. The molecule has 140 valence electrons. The van der Waals surface area contributed by atoms with Gasteiger partial charge in [-0.05, 0) is 73.2 Å². The van der Waals surface area contributed by atoms with Crippen LogP contribution in [0.2, 0.25) is 0 Å². The summed E-state index contributed by atoms with van der Waals surface area (Å²) < 4.78 is 7.06. The summed E-state index contributed by atoms with van der Waals surface area (Å²) in [5.41, 5.74) is 2.67. The van der Waals surface area contributed by atoms with E-state index in [1.165, 1.54) is 11.8 Å². The van der Waals surface area contributed by atoms with Gasteiger partial charge in [0.15, 0.2) is 0 Å². The molecule has 0 saturated heterocycles. The van der Waals surface area contributed by atoms with Crippen LogP contribution in [0, 0.1) is 6.92 Å². The monoisotopic (exact) mass is 383 g/mol. The number of thioether (sulfide) groups is 1. The summed E-state index contributed by atoms with van der Waals surface area (Å²) in [7, 11) is 0. The highest BCUT2D eigenvalue weighted by atomic mass is 32.2. The average molecular weight is 383 g/mol. The number of ether oxygens (including phenoxy) is 1. The van der Waals surface area contributed by atoms with Gasteiger partial charge in [0, 0.05) is 5.69 Å². The molecule has 8 heteroatoms. The van der Waals surface area contributed by atoms with E-state index in [-0.39, 0.29) is 11.2 Å². The van der Waals surface area contributed by atoms with Crippen LogP contribution in [0.4, 0.5) is 5.69 Å². The minimum absolute atomic E-state index is 0.105. The molecule has 3 rings (SSSR count). The predicted octanol–water partition coefficient (Wildman–Crippen LogP) is 3.49. The average Bonchev–Trinajstić information content (AvgIpc) is 3.10. The molecule has 1 aromatic heterocycles. The van der Waals surface area contributed by atoms with Gasteiger partial charge in [-0.3, -0.25) is 4.79 Å². The van der Waals surface area contributed by atoms with Crippen LogP contribution in [0.25, 0.3) is 5.69 Å². The number of rotatable bonds is 7.